The van der Waals surface area contributed by atoms with Crippen molar-refractivity contribution >= 4 is 50.0 Å². The third kappa shape index (κ3) is 4.19. The Labute approximate surface area is 189 Å². The molecule has 1 saturated carbocycles. The van der Waals surface area contributed by atoms with Crippen molar-refractivity contribution in [2.75, 3.05) is 16.6 Å². The van der Waals surface area contributed by atoms with Crippen molar-refractivity contribution in [2.45, 2.75) is 43.0 Å². The molecule has 2 aromatic rings. The Morgan fingerprint density at radius 3 is 2.69 bits per heavy atom. The molecule has 1 aromatic heterocycles. The zero-order valence-corrected chi connectivity index (χ0v) is 19.0. The molecule has 2 atom stereocenters. The number of hydrogen-bond acceptors (Lipinski definition) is 7. The number of aromatic nitrogens is 1. The first kappa shape index (κ1) is 22.2. The van der Waals surface area contributed by atoms with Gasteiger partial charge in [0.25, 0.3) is 15.9 Å². The summed E-state index contributed by atoms with van der Waals surface area (Å²) < 4.78 is 27.1. The highest BCUT2D eigenvalue weighted by molar-refractivity contribution is 7.93. The summed E-state index contributed by atoms with van der Waals surface area (Å²) in [4.78, 5) is 42.7. The van der Waals surface area contributed by atoms with Crippen LogP contribution in [0.5, 0.6) is 0 Å². The fourth-order valence-corrected chi connectivity index (χ4v) is 5.94. The number of nitrogens with one attached hydrogen (secondary N) is 3. The number of carbonyl (C=O) groups excluding carboxylic acids is 3. The molecule has 10 nitrogen and oxygen atoms in total. The molecule has 1 aliphatic heterocycles. The van der Waals surface area contributed by atoms with E-state index in [4.69, 9.17) is 0 Å². The molecule has 2 aliphatic rings. The zero-order chi connectivity index (χ0) is 22.9. The molecule has 12 heteroatoms. The Kier molecular flexibility index (Phi) is 5.91. The molecule has 0 bridgehead atoms. The largest absolute Gasteiger partial charge is 0.325 e. The van der Waals surface area contributed by atoms with Crippen LogP contribution in [0.15, 0.2) is 40.7 Å². The highest BCUT2D eigenvalue weighted by atomic mass is 32.2. The van der Waals surface area contributed by atoms with Crippen molar-refractivity contribution in [3.05, 3.63) is 35.8 Å². The number of urea groups is 1. The Morgan fingerprint density at radius 1 is 1.28 bits per heavy atom. The molecule has 0 radical (unpaired) electrons. The van der Waals surface area contributed by atoms with Crippen LogP contribution in [0.1, 0.15) is 32.6 Å². The Bertz CT molecular complexity index is 1130. The topological polar surface area (TPSA) is 138 Å². The number of benzene rings is 1. The van der Waals surface area contributed by atoms with Crippen molar-refractivity contribution in [3.63, 3.8) is 0 Å². The predicted octanol–water partition coefficient (Wildman–Crippen LogP) is 2.38. The van der Waals surface area contributed by atoms with Gasteiger partial charge in [-0.2, -0.15) is 0 Å². The lowest BCUT2D eigenvalue weighted by atomic mass is 9.73. The quantitative estimate of drug-likeness (QED) is 0.546. The van der Waals surface area contributed by atoms with Gasteiger partial charge < -0.3 is 10.6 Å². The highest BCUT2D eigenvalue weighted by Gasteiger charge is 2.55. The second kappa shape index (κ2) is 8.51. The van der Waals surface area contributed by atoms with E-state index in [0.29, 0.717) is 12.1 Å². The van der Waals surface area contributed by atoms with Gasteiger partial charge in [-0.25, -0.2) is 18.2 Å². The van der Waals surface area contributed by atoms with Gasteiger partial charge in [-0.15, -0.1) is 11.3 Å². The van der Waals surface area contributed by atoms with E-state index in [2.05, 4.69) is 20.3 Å². The third-order valence-corrected chi connectivity index (χ3v) is 8.08. The molecule has 32 heavy (non-hydrogen) atoms. The van der Waals surface area contributed by atoms with Crippen LogP contribution in [0.2, 0.25) is 0 Å². The van der Waals surface area contributed by atoms with Gasteiger partial charge in [0.2, 0.25) is 5.91 Å². The van der Waals surface area contributed by atoms with Gasteiger partial charge in [-0.1, -0.05) is 19.8 Å². The lowest BCUT2D eigenvalue weighted by molar-refractivity contribution is -0.136. The highest BCUT2D eigenvalue weighted by Crippen LogP contribution is 2.38. The molecule has 1 saturated heterocycles. The van der Waals surface area contributed by atoms with Crippen molar-refractivity contribution in [1.29, 1.82) is 0 Å². The average molecular weight is 478 g/mol. The zero-order valence-electron chi connectivity index (χ0n) is 17.3. The first-order valence-electron chi connectivity index (χ1n) is 10.2. The lowest BCUT2D eigenvalue weighted by Gasteiger charge is -2.36. The first-order valence-corrected chi connectivity index (χ1v) is 12.5. The van der Waals surface area contributed by atoms with E-state index in [1.165, 1.54) is 30.5 Å². The number of rotatable bonds is 6. The fraction of sp³-hybridized carbons (Fsp3) is 0.400. The maximum Gasteiger partial charge on any atom is 0.325 e. The summed E-state index contributed by atoms with van der Waals surface area (Å²) in [5, 5.41) is 7.31. The predicted molar refractivity (Wildman–Crippen MR) is 119 cm³/mol. The van der Waals surface area contributed by atoms with Gasteiger partial charge in [0, 0.05) is 17.3 Å². The summed E-state index contributed by atoms with van der Waals surface area (Å²) in [6, 6.07) is 5.00. The summed E-state index contributed by atoms with van der Waals surface area (Å²) in [6.45, 7) is 1.53. The van der Waals surface area contributed by atoms with Gasteiger partial charge in [0.15, 0.2) is 5.13 Å². The molecule has 2 fully saturated rings. The number of amides is 4. The summed E-state index contributed by atoms with van der Waals surface area (Å²) in [7, 11) is -3.80. The molecule has 2 heterocycles. The minimum Gasteiger partial charge on any atom is -0.325 e. The van der Waals surface area contributed by atoms with Crippen molar-refractivity contribution in [3.8, 4) is 0 Å². The maximum atomic E-state index is 13.0. The number of carbonyl (C=O) groups is 3. The van der Waals surface area contributed by atoms with E-state index < -0.39 is 34.0 Å². The van der Waals surface area contributed by atoms with Crippen molar-refractivity contribution in [2.24, 2.45) is 5.92 Å². The van der Waals surface area contributed by atoms with E-state index in [0.717, 1.165) is 35.5 Å². The minimum atomic E-state index is -3.80. The number of imide groups is 1. The van der Waals surface area contributed by atoms with Crippen LogP contribution in [-0.4, -0.2) is 48.2 Å². The van der Waals surface area contributed by atoms with E-state index in [-0.39, 0.29) is 21.9 Å². The lowest BCUT2D eigenvalue weighted by Crippen LogP contribution is -2.54. The SMILES string of the molecule is C[C@H]1CCCC[C@@]12NC(=O)N(CC(=O)Nc1ccc(S(=O)(=O)Nc3nccs3)cc1)C2=O. The van der Waals surface area contributed by atoms with Gasteiger partial charge in [0.1, 0.15) is 12.1 Å². The molecule has 1 aromatic carbocycles. The van der Waals surface area contributed by atoms with E-state index in [1.54, 1.807) is 5.38 Å². The van der Waals surface area contributed by atoms with E-state index >= 15 is 0 Å². The molecule has 1 aliphatic carbocycles. The van der Waals surface area contributed by atoms with Crippen molar-refractivity contribution in [1.82, 2.24) is 15.2 Å². The fourth-order valence-electron chi connectivity index (χ4n) is 4.15. The third-order valence-electron chi connectivity index (χ3n) is 5.91. The van der Waals surface area contributed by atoms with E-state index in [9.17, 15) is 22.8 Å². The maximum absolute atomic E-state index is 13.0. The molecule has 3 N–H and O–H groups in total. The van der Waals surface area contributed by atoms with Gasteiger partial charge in [-0.05, 0) is 43.0 Å². The van der Waals surface area contributed by atoms with Gasteiger partial charge in [0.05, 0.1) is 4.90 Å². The van der Waals surface area contributed by atoms with E-state index in [1.807, 2.05) is 6.92 Å². The molecule has 1 spiro atoms. The molecule has 4 rings (SSSR count). The normalized spacial score (nSPS) is 23.3. The van der Waals surface area contributed by atoms with Gasteiger partial charge in [-0.3, -0.25) is 19.2 Å². The number of anilines is 2. The Morgan fingerprint density at radius 2 is 2.03 bits per heavy atom. The number of sulfonamides is 1. The number of nitrogens with zero attached hydrogens (tertiary/aromatic N) is 2. The monoisotopic (exact) mass is 477 g/mol. The van der Waals surface area contributed by atoms with Crippen LogP contribution in [0.4, 0.5) is 15.6 Å². The van der Waals surface area contributed by atoms with Crippen LogP contribution in [-0.2, 0) is 19.6 Å². The van der Waals surface area contributed by atoms with Crippen LogP contribution >= 0.6 is 11.3 Å². The summed E-state index contributed by atoms with van der Waals surface area (Å²) >= 11 is 1.16. The molecule has 4 amide bonds. The summed E-state index contributed by atoms with van der Waals surface area (Å²) in [6.07, 6.45) is 4.77. The Balaban J connectivity index is 1.39. The second-order valence-corrected chi connectivity index (χ2v) is 10.5. The molecule has 0 unspecified atom stereocenters. The van der Waals surface area contributed by atoms with Crippen LogP contribution < -0.4 is 15.4 Å². The average Bonchev–Trinajstić information content (AvgIpc) is 3.33. The van der Waals surface area contributed by atoms with Crippen LogP contribution in [0.3, 0.4) is 0 Å². The summed E-state index contributed by atoms with van der Waals surface area (Å²) in [5.74, 6) is -0.904. The van der Waals surface area contributed by atoms with Gasteiger partial charge >= 0.3 is 6.03 Å². The Hall–Kier alpha value is -2.99. The van der Waals surface area contributed by atoms with Crippen LogP contribution in [0.25, 0.3) is 0 Å². The molecular formula is C20H23N5O5S2. The van der Waals surface area contributed by atoms with Crippen molar-refractivity contribution < 1.29 is 22.8 Å². The number of hydrogen-bond donors (Lipinski definition) is 3. The summed E-state index contributed by atoms with van der Waals surface area (Å²) in [5.41, 5.74) is -0.577. The first-order chi connectivity index (χ1) is 15.2. The minimum absolute atomic E-state index is 0.00743. The molecular weight excluding hydrogens is 454 g/mol. The number of thiazole rings is 1. The smallest absolute Gasteiger partial charge is 0.325 e. The van der Waals surface area contributed by atoms with Crippen LogP contribution in [0, 0.1) is 5.92 Å². The second-order valence-electron chi connectivity index (χ2n) is 7.95. The molecule has 170 valence electrons. The standard InChI is InChI=1S/C20H23N5O5S2/c1-13-4-2-3-9-20(13)17(27)25(19(28)23-20)12-16(26)22-14-5-7-15(8-6-14)32(29,30)24-18-21-10-11-31-18/h5-8,10-11,13H,2-4,9,12H2,1H3,(H,21,24)(H,22,26)(H,23,28)/t13-,20+/m0/s1.